The van der Waals surface area contributed by atoms with Crippen molar-refractivity contribution in [3.05, 3.63) is 85.1 Å². The second kappa shape index (κ2) is 14.9. The number of esters is 2. The number of hydrogen-bond donors (Lipinski definition) is 0. The summed E-state index contributed by atoms with van der Waals surface area (Å²) in [6, 6.07) is 8.37. The van der Waals surface area contributed by atoms with Crippen molar-refractivity contribution in [1.29, 1.82) is 0 Å². The fourth-order valence-corrected chi connectivity index (χ4v) is 2.91. The number of ether oxygens (including phenoxy) is 4. The second-order valence-corrected chi connectivity index (χ2v) is 7.50. The van der Waals surface area contributed by atoms with E-state index >= 15 is 0 Å². The number of hydrogen-bond acceptors (Lipinski definition) is 11. The Balaban J connectivity index is 0.000000371. The van der Waals surface area contributed by atoms with E-state index in [4.69, 9.17) is 9.47 Å². The van der Waals surface area contributed by atoms with Crippen molar-refractivity contribution in [2.24, 2.45) is 0 Å². The summed E-state index contributed by atoms with van der Waals surface area (Å²) in [5, 5.41) is 22.0. The first kappa shape index (κ1) is 30.7. The van der Waals surface area contributed by atoms with Gasteiger partial charge in [-0.25, -0.2) is 9.59 Å². The summed E-state index contributed by atoms with van der Waals surface area (Å²) in [6.07, 6.45) is 2.94. The average Bonchev–Trinajstić information content (AvgIpc) is 2.89. The van der Waals surface area contributed by atoms with Gasteiger partial charge in [0.1, 0.15) is 0 Å². The molecule has 0 radical (unpaired) electrons. The van der Waals surface area contributed by atoms with Gasteiger partial charge < -0.3 is 23.8 Å². The molecule has 0 atom stereocenters. The largest absolute Gasteiger partial charge is 0.465 e. The highest BCUT2D eigenvalue weighted by Crippen LogP contribution is 2.24. The molecule has 0 saturated heterocycles. The number of carbonyl (C=O) groups is 2. The molecule has 0 aliphatic carbocycles. The minimum atomic E-state index is -0.621. The van der Waals surface area contributed by atoms with Gasteiger partial charge >= 0.3 is 11.9 Å². The first-order valence-corrected chi connectivity index (χ1v) is 10.6. The minimum absolute atomic E-state index is 0.129. The van der Waals surface area contributed by atoms with E-state index in [-0.39, 0.29) is 28.9 Å². The zero-order chi connectivity index (χ0) is 28.1. The van der Waals surface area contributed by atoms with Crippen molar-refractivity contribution in [2.45, 2.75) is 12.7 Å². The molecule has 0 fully saturated rings. The van der Waals surface area contributed by atoms with Gasteiger partial charge in [-0.05, 0) is 30.5 Å². The maximum absolute atomic E-state index is 11.3. The molecule has 0 N–H and O–H groups in total. The normalized spacial score (nSPS) is 10.5. The van der Waals surface area contributed by atoms with E-state index in [1.54, 1.807) is 17.2 Å². The molecule has 200 valence electrons. The molecule has 2 aromatic rings. The van der Waals surface area contributed by atoms with Crippen LogP contribution >= 0.6 is 0 Å². The standard InChI is InChI=1S/C12H14N2O4.C12H15NO6/c1-13(2)7-6-9-4-5-10(12(15)18-3)8-11(9)14(16)17;1-17-11(18-2)7-8-4-5-9(12(14)19-3)6-10(8)13(15)16/h4-8H,1-3H3;4-6,11H,7H2,1-3H3/b7-6+;. The topological polar surface area (TPSA) is 161 Å². The summed E-state index contributed by atoms with van der Waals surface area (Å²) in [4.78, 5) is 45.3. The van der Waals surface area contributed by atoms with Crippen molar-refractivity contribution in [3.63, 3.8) is 0 Å². The van der Waals surface area contributed by atoms with Gasteiger partial charge in [0, 0.05) is 52.4 Å². The van der Waals surface area contributed by atoms with E-state index in [2.05, 4.69) is 9.47 Å². The van der Waals surface area contributed by atoms with E-state index in [1.165, 1.54) is 64.8 Å². The summed E-state index contributed by atoms with van der Waals surface area (Å²) >= 11 is 0. The summed E-state index contributed by atoms with van der Waals surface area (Å²) in [6.45, 7) is 0. The number of methoxy groups -OCH3 is 4. The van der Waals surface area contributed by atoms with Crippen LogP contribution < -0.4 is 0 Å². The van der Waals surface area contributed by atoms with Crippen molar-refractivity contribution in [2.75, 3.05) is 42.5 Å². The Morgan fingerprint density at radius 1 is 0.865 bits per heavy atom. The van der Waals surface area contributed by atoms with Crippen LogP contribution in [0.25, 0.3) is 6.08 Å². The Morgan fingerprint density at radius 3 is 1.78 bits per heavy atom. The van der Waals surface area contributed by atoms with E-state index in [0.29, 0.717) is 11.1 Å². The SMILES string of the molecule is COC(=O)c1ccc(/C=C/N(C)C)c([N+](=O)[O-])c1.COC(=O)c1ccc(CC(OC)OC)c([N+](=O)[O-])c1. The van der Waals surface area contributed by atoms with Crippen molar-refractivity contribution >= 4 is 29.4 Å². The molecule has 13 nitrogen and oxygen atoms in total. The molecule has 0 aliphatic heterocycles. The molecular weight excluding hydrogens is 490 g/mol. The molecule has 37 heavy (non-hydrogen) atoms. The van der Waals surface area contributed by atoms with Gasteiger partial charge in [-0.3, -0.25) is 20.2 Å². The third-order valence-corrected chi connectivity index (χ3v) is 4.82. The molecule has 0 saturated carbocycles. The monoisotopic (exact) mass is 519 g/mol. The third-order valence-electron chi connectivity index (χ3n) is 4.82. The van der Waals surface area contributed by atoms with E-state index in [0.717, 1.165) is 0 Å². The Kier molecular flexibility index (Phi) is 12.4. The second-order valence-electron chi connectivity index (χ2n) is 7.50. The predicted octanol–water partition coefficient (Wildman–Crippen LogP) is 3.46. The van der Waals surface area contributed by atoms with Crippen LogP contribution in [0, 0.1) is 20.2 Å². The molecule has 13 heteroatoms. The fraction of sp³-hybridized carbons (Fsp3) is 0.333. The molecule has 0 aliphatic rings. The molecular formula is C24H29N3O10. The fourth-order valence-electron chi connectivity index (χ4n) is 2.91. The Bertz CT molecular complexity index is 1140. The van der Waals surface area contributed by atoms with Crippen LogP contribution in [0.1, 0.15) is 31.8 Å². The van der Waals surface area contributed by atoms with E-state index < -0.39 is 28.1 Å². The zero-order valence-corrected chi connectivity index (χ0v) is 21.3. The lowest BCUT2D eigenvalue weighted by Gasteiger charge is -2.13. The van der Waals surface area contributed by atoms with Gasteiger partial charge in [0.25, 0.3) is 11.4 Å². The van der Waals surface area contributed by atoms with Gasteiger partial charge in [-0.15, -0.1) is 0 Å². The zero-order valence-electron chi connectivity index (χ0n) is 21.3. The van der Waals surface area contributed by atoms with Gasteiger partial charge in [0.05, 0.1) is 40.8 Å². The van der Waals surface area contributed by atoms with Gasteiger partial charge in [0.15, 0.2) is 6.29 Å². The third kappa shape index (κ3) is 9.31. The molecule has 2 rings (SSSR count). The number of rotatable bonds is 10. The summed E-state index contributed by atoms with van der Waals surface area (Å²) in [5.74, 6) is -1.22. The van der Waals surface area contributed by atoms with Crippen LogP contribution in [0.15, 0.2) is 42.6 Å². The molecule has 2 aromatic carbocycles. The van der Waals surface area contributed by atoms with Crippen LogP contribution in [0.4, 0.5) is 11.4 Å². The quantitative estimate of drug-likeness (QED) is 0.196. The van der Waals surface area contributed by atoms with Crippen LogP contribution in [-0.4, -0.2) is 75.5 Å². The Hall–Kier alpha value is -4.36. The number of nitro benzene ring substituents is 2. The van der Waals surface area contributed by atoms with Crippen LogP contribution in [-0.2, 0) is 25.4 Å². The van der Waals surface area contributed by atoms with Crippen molar-refractivity contribution < 1.29 is 38.4 Å². The maximum Gasteiger partial charge on any atom is 0.338 e. The molecule has 0 amide bonds. The lowest BCUT2D eigenvalue weighted by molar-refractivity contribution is -0.385. The molecule has 0 unspecified atom stereocenters. The first-order valence-electron chi connectivity index (χ1n) is 10.6. The van der Waals surface area contributed by atoms with E-state index in [9.17, 15) is 29.8 Å². The maximum atomic E-state index is 11.3. The number of nitrogens with zero attached hydrogens (tertiary/aromatic N) is 3. The molecule has 0 heterocycles. The van der Waals surface area contributed by atoms with Crippen LogP contribution in [0.5, 0.6) is 0 Å². The van der Waals surface area contributed by atoms with Crippen LogP contribution in [0.3, 0.4) is 0 Å². The summed E-state index contributed by atoms with van der Waals surface area (Å²) in [7, 11) is 8.96. The lowest BCUT2D eigenvalue weighted by Crippen LogP contribution is -2.17. The number of carbonyl (C=O) groups excluding carboxylic acids is 2. The van der Waals surface area contributed by atoms with Crippen molar-refractivity contribution in [1.82, 2.24) is 4.90 Å². The smallest absolute Gasteiger partial charge is 0.338 e. The van der Waals surface area contributed by atoms with Gasteiger partial charge in [-0.2, -0.15) is 0 Å². The molecule has 0 aromatic heterocycles. The number of benzene rings is 2. The summed E-state index contributed by atoms with van der Waals surface area (Å²) < 4.78 is 19.0. The van der Waals surface area contributed by atoms with Crippen molar-refractivity contribution in [3.8, 4) is 0 Å². The molecule has 0 spiro atoms. The first-order chi connectivity index (χ1) is 17.5. The van der Waals surface area contributed by atoms with E-state index in [1.807, 2.05) is 14.1 Å². The Morgan fingerprint density at radius 2 is 1.35 bits per heavy atom. The van der Waals surface area contributed by atoms with Crippen LogP contribution in [0.2, 0.25) is 0 Å². The predicted molar refractivity (Wildman–Crippen MR) is 133 cm³/mol. The number of nitro groups is 2. The highest BCUT2D eigenvalue weighted by molar-refractivity contribution is 5.91. The van der Waals surface area contributed by atoms with Gasteiger partial charge in [0.2, 0.25) is 0 Å². The Labute approximate surface area is 213 Å². The lowest BCUT2D eigenvalue weighted by atomic mass is 10.1. The molecule has 0 bridgehead atoms. The van der Waals surface area contributed by atoms with Gasteiger partial charge in [-0.1, -0.05) is 6.07 Å². The highest BCUT2D eigenvalue weighted by Gasteiger charge is 2.20. The highest BCUT2D eigenvalue weighted by atomic mass is 16.7. The minimum Gasteiger partial charge on any atom is -0.465 e. The average molecular weight is 520 g/mol. The summed E-state index contributed by atoms with van der Waals surface area (Å²) in [5.41, 5.74) is 0.848.